The first kappa shape index (κ1) is 34.8. The van der Waals surface area contributed by atoms with Crippen molar-refractivity contribution in [3.63, 3.8) is 0 Å². The predicted octanol–water partition coefficient (Wildman–Crippen LogP) is 9.11. The SMILES string of the molecule is C[C@@H](NC(=O)OC(C)(C)C)c1cccc(-c2cc(COc3ccccc3CC(=O)OC(C)(C)C)cc(OCC3CCCC3)c2)c1F. The van der Waals surface area contributed by atoms with Crippen LogP contribution in [0.3, 0.4) is 0 Å². The summed E-state index contributed by atoms with van der Waals surface area (Å²) in [6.07, 6.45) is 4.18. The monoisotopic (exact) mass is 633 g/mol. The molecular formula is C38H48FNO6. The van der Waals surface area contributed by atoms with E-state index in [0.29, 0.717) is 40.7 Å². The molecule has 3 aromatic rings. The summed E-state index contributed by atoms with van der Waals surface area (Å²) >= 11 is 0. The second-order valence-corrected chi connectivity index (χ2v) is 14.1. The molecule has 1 saturated carbocycles. The highest BCUT2D eigenvalue weighted by Gasteiger charge is 2.23. The Morgan fingerprint density at radius 1 is 0.891 bits per heavy atom. The first-order valence-electron chi connectivity index (χ1n) is 16.1. The Bertz CT molecular complexity index is 1500. The molecule has 0 aliphatic heterocycles. The van der Waals surface area contributed by atoms with Crippen molar-refractivity contribution in [2.75, 3.05) is 6.61 Å². The molecule has 1 aliphatic rings. The summed E-state index contributed by atoms with van der Waals surface area (Å²) in [5, 5.41) is 2.74. The van der Waals surface area contributed by atoms with Crippen molar-refractivity contribution in [2.45, 2.75) is 104 Å². The van der Waals surface area contributed by atoms with Crippen molar-refractivity contribution in [1.82, 2.24) is 5.32 Å². The first-order chi connectivity index (χ1) is 21.7. The molecule has 248 valence electrons. The fraction of sp³-hybridized carbons (Fsp3) is 0.474. The number of carbonyl (C=O) groups is 2. The molecule has 3 aromatic carbocycles. The lowest BCUT2D eigenvalue weighted by Gasteiger charge is -2.22. The van der Waals surface area contributed by atoms with Gasteiger partial charge in [-0.25, -0.2) is 9.18 Å². The van der Waals surface area contributed by atoms with E-state index in [0.717, 1.165) is 24.0 Å². The molecule has 1 N–H and O–H groups in total. The van der Waals surface area contributed by atoms with Crippen molar-refractivity contribution in [2.24, 2.45) is 5.92 Å². The number of carbonyl (C=O) groups excluding carboxylic acids is 2. The van der Waals surface area contributed by atoms with Gasteiger partial charge in [-0.1, -0.05) is 49.2 Å². The van der Waals surface area contributed by atoms with Crippen LogP contribution in [0.15, 0.2) is 60.7 Å². The van der Waals surface area contributed by atoms with Gasteiger partial charge in [0.25, 0.3) is 0 Å². The average molecular weight is 634 g/mol. The van der Waals surface area contributed by atoms with Crippen LogP contribution >= 0.6 is 0 Å². The first-order valence-corrected chi connectivity index (χ1v) is 16.1. The average Bonchev–Trinajstić information content (AvgIpc) is 3.47. The van der Waals surface area contributed by atoms with E-state index in [2.05, 4.69) is 5.32 Å². The summed E-state index contributed by atoms with van der Waals surface area (Å²) in [4.78, 5) is 24.9. The summed E-state index contributed by atoms with van der Waals surface area (Å²) in [5.41, 5.74) is 1.61. The minimum Gasteiger partial charge on any atom is -0.493 e. The van der Waals surface area contributed by atoms with Crippen molar-refractivity contribution >= 4 is 12.1 Å². The fourth-order valence-electron chi connectivity index (χ4n) is 5.53. The molecule has 8 heteroatoms. The Morgan fingerprint density at radius 2 is 1.59 bits per heavy atom. The minimum absolute atomic E-state index is 0.0801. The summed E-state index contributed by atoms with van der Waals surface area (Å²) < 4.78 is 39.5. The van der Waals surface area contributed by atoms with Crippen LogP contribution in [0.4, 0.5) is 9.18 Å². The normalized spacial score (nSPS) is 14.4. The van der Waals surface area contributed by atoms with Crippen molar-refractivity contribution in [1.29, 1.82) is 0 Å². The van der Waals surface area contributed by atoms with Gasteiger partial charge in [0.1, 0.15) is 35.1 Å². The lowest BCUT2D eigenvalue weighted by atomic mass is 9.97. The Hall–Kier alpha value is -4.07. The maximum atomic E-state index is 16.1. The third kappa shape index (κ3) is 10.5. The molecule has 7 nitrogen and oxygen atoms in total. The van der Waals surface area contributed by atoms with Crippen molar-refractivity contribution in [3.8, 4) is 22.6 Å². The molecule has 0 heterocycles. The van der Waals surface area contributed by atoms with Gasteiger partial charge < -0.3 is 24.3 Å². The Morgan fingerprint density at radius 3 is 2.28 bits per heavy atom. The number of alkyl carbamates (subject to hydrolysis) is 1. The topological polar surface area (TPSA) is 83.1 Å². The van der Waals surface area contributed by atoms with Crippen molar-refractivity contribution < 1.29 is 32.9 Å². The number of nitrogens with one attached hydrogen (secondary N) is 1. The summed E-state index contributed by atoms with van der Waals surface area (Å²) in [7, 11) is 0. The lowest BCUT2D eigenvalue weighted by molar-refractivity contribution is -0.153. The van der Waals surface area contributed by atoms with E-state index in [-0.39, 0.29) is 19.0 Å². The van der Waals surface area contributed by atoms with Gasteiger partial charge in [0.15, 0.2) is 0 Å². The van der Waals surface area contributed by atoms with Crippen molar-refractivity contribution in [3.05, 3.63) is 83.2 Å². The van der Waals surface area contributed by atoms with Crippen LogP contribution in [0.5, 0.6) is 11.5 Å². The molecule has 0 saturated heterocycles. The van der Waals surface area contributed by atoms with Crippen LogP contribution in [0, 0.1) is 11.7 Å². The summed E-state index contributed by atoms with van der Waals surface area (Å²) in [5.74, 6) is 0.938. The van der Waals surface area contributed by atoms with E-state index in [4.69, 9.17) is 18.9 Å². The molecule has 0 bridgehead atoms. The van der Waals surface area contributed by atoms with Crippen LogP contribution in [-0.2, 0) is 27.3 Å². The minimum atomic E-state index is -0.669. The summed E-state index contributed by atoms with van der Waals surface area (Å²) in [6.45, 7) is 13.3. The van der Waals surface area contributed by atoms with E-state index in [1.165, 1.54) is 12.8 Å². The number of esters is 1. The van der Waals surface area contributed by atoms with E-state index >= 15 is 4.39 Å². The Labute approximate surface area is 272 Å². The van der Waals surface area contributed by atoms with Gasteiger partial charge in [0.05, 0.1) is 19.1 Å². The highest BCUT2D eigenvalue weighted by molar-refractivity contribution is 5.74. The number of hydrogen-bond donors (Lipinski definition) is 1. The van der Waals surface area contributed by atoms with E-state index < -0.39 is 29.2 Å². The largest absolute Gasteiger partial charge is 0.493 e. The maximum Gasteiger partial charge on any atom is 0.408 e. The van der Waals surface area contributed by atoms with E-state index in [9.17, 15) is 9.59 Å². The molecule has 1 aliphatic carbocycles. The van der Waals surface area contributed by atoms with E-state index in [1.807, 2.05) is 63.2 Å². The molecule has 1 amide bonds. The predicted molar refractivity (Wildman–Crippen MR) is 177 cm³/mol. The molecule has 0 aromatic heterocycles. The molecule has 0 radical (unpaired) electrons. The molecule has 1 atom stereocenters. The van der Waals surface area contributed by atoms with Crippen LogP contribution in [0.1, 0.15) is 96.9 Å². The highest BCUT2D eigenvalue weighted by Crippen LogP contribution is 2.33. The fourth-order valence-corrected chi connectivity index (χ4v) is 5.53. The number of hydrogen-bond acceptors (Lipinski definition) is 6. The molecule has 46 heavy (non-hydrogen) atoms. The highest BCUT2D eigenvalue weighted by atomic mass is 19.1. The van der Waals surface area contributed by atoms with Gasteiger partial charge >= 0.3 is 12.1 Å². The summed E-state index contributed by atoms with van der Waals surface area (Å²) in [6, 6.07) is 17.6. The van der Waals surface area contributed by atoms with Gasteiger partial charge in [0.2, 0.25) is 0 Å². The molecule has 0 unspecified atom stereocenters. The zero-order chi connectivity index (χ0) is 33.5. The maximum absolute atomic E-state index is 16.1. The number of halogens is 1. The Kier molecular flexibility index (Phi) is 11.4. The number of para-hydroxylation sites is 1. The van der Waals surface area contributed by atoms with Crippen LogP contribution in [0.25, 0.3) is 11.1 Å². The standard InChI is InChI=1S/C38H48FNO6/c1-25(40-36(42)46-38(5,6)7)31-16-12-17-32(35(31)39)29-19-27(20-30(21-29)43-23-26-13-8-9-14-26)24-44-33-18-11-10-15-28(33)22-34(41)45-37(2,3)4/h10-12,15-21,25-26H,8-9,13-14,22-24H2,1-7H3,(H,40,42)/t25-/m1/s1. The Balaban J connectivity index is 1.59. The van der Waals surface area contributed by atoms with Gasteiger partial charge in [-0.15, -0.1) is 0 Å². The van der Waals surface area contributed by atoms with E-state index in [1.54, 1.807) is 45.9 Å². The number of ether oxygens (including phenoxy) is 4. The molecule has 1 fully saturated rings. The zero-order valence-corrected chi connectivity index (χ0v) is 28.2. The third-order valence-corrected chi connectivity index (χ3v) is 7.59. The number of benzene rings is 3. The number of amides is 1. The van der Waals surface area contributed by atoms with Gasteiger partial charge in [0, 0.05) is 16.7 Å². The smallest absolute Gasteiger partial charge is 0.408 e. The molecule has 0 spiro atoms. The second kappa shape index (κ2) is 15.0. The third-order valence-electron chi connectivity index (χ3n) is 7.59. The van der Waals surface area contributed by atoms with Crippen LogP contribution in [-0.4, -0.2) is 29.9 Å². The van der Waals surface area contributed by atoms with Gasteiger partial charge in [-0.05, 0) is 103 Å². The molecule has 4 rings (SSSR count). The van der Waals surface area contributed by atoms with Crippen LogP contribution < -0.4 is 14.8 Å². The number of rotatable bonds is 11. The molecular weight excluding hydrogens is 585 g/mol. The second-order valence-electron chi connectivity index (χ2n) is 14.1. The quantitative estimate of drug-likeness (QED) is 0.212. The van der Waals surface area contributed by atoms with Gasteiger partial charge in [-0.3, -0.25) is 4.79 Å². The van der Waals surface area contributed by atoms with Gasteiger partial charge in [-0.2, -0.15) is 0 Å². The lowest BCUT2D eigenvalue weighted by Crippen LogP contribution is -2.34. The zero-order valence-electron chi connectivity index (χ0n) is 28.2. The van der Waals surface area contributed by atoms with Crippen LogP contribution in [0.2, 0.25) is 0 Å².